The second kappa shape index (κ2) is 9.40. The lowest BCUT2D eigenvalue weighted by atomic mass is 10.2. The first-order valence-corrected chi connectivity index (χ1v) is 10.8. The Bertz CT molecular complexity index is 1120. The van der Waals surface area contributed by atoms with Gasteiger partial charge in [0, 0.05) is 23.6 Å². The van der Waals surface area contributed by atoms with Gasteiger partial charge in [0.05, 0.1) is 37.3 Å². The van der Waals surface area contributed by atoms with Crippen molar-refractivity contribution in [2.45, 2.75) is 45.4 Å². The minimum absolute atomic E-state index is 0.0260. The van der Waals surface area contributed by atoms with Crippen molar-refractivity contribution in [2.75, 3.05) is 24.4 Å². The predicted octanol–water partition coefficient (Wildman–Crippen LogP) is 4.07. The van der Waals surface area contributed by atoms with Gasteiger partial charge in [-0.2, -0.15) is 0 Å². The summed E-state index contributed by atoms with van der Waals surface area (Å²) in [5.41, 5.74) is 2.54. The van der Waals surface area contributed by atoms with Crippen molar-refractivity contribution in [2.24, 2.45) is 0 Å². The summed E-state index contributed by atoms with van der Waals surface area (Å²) in [6.07, 6.45) is 3.59. The Labute approximate surface area is 186 Å². The van der Waals surface area contributed by atoms with Crippen LogP contribution in [0.1, 0.15) is 47.5 Å². The Morgan fingerprint density at radius 2 is 2.06 bits per heavy atom. The summed E-state index contributed by atoms with van der Waals surface area (Å²) in [6.45, 7) is 5.21. The number of pyridine rings is 1. The summed E-state index contributed by atoms with van der Waals surface area (Å²) in [6, 6.07) is 11.0. The van der Waals surface area contributed by atoms with E-state index in [9.17, 15) is 9.59 Å². The quantitative estimate of drug-likeness (QED) is 0.542. The molecular formula is C24H28N4O4. The van der Waals surface area contributed by atoms with Gasteiger partial charge >= 0.3 is 5.97 Å². The zero-order chi connectivity index (χ0) is 22.7. The van der Waals surface area contributed by atoms with E-state index in [1.807, 2.05) is 26.0 Å². The molecule has 1 saturated heterocycles. The van der Waals surface area contributed by atoms with Crippen LogP contribution in [0, 0.1) is 0 Å². The number of carbonyl (C=O) groups excluding carboxylic acids is 2. The van der Waals surface area contributed by atoms with Gasteiger partial charge in [-0.1, -0.05) is 18.2 Å². The molecule has 1 atom stereocenters. The topological polar surface area (TPSA) is 94.5 Å². The van der Waals surface area contributed by atoms with Crippen molar-refractivity contribution in [3.8, 4) is 0 Å². The largest absolute Gasteiger partial charge is 0.464 e. The molecule has 2 N–H and O–H groups in total. The number of hydrogen-bond donors (Lipinski definition) is 2. The van der Waals surface area contributed by atoms with Crippen LogP contribution in [0.4, 0.5) is 11.4 Å². The van der Waals surface area contributed by atoms with Crippen molar-refractivity contribution in [1.29, 1.82) is 0 Å². The highest BCUT2D eigenvalue weighted by atomic mass is 16.5. The molecule has 32 heavy (non-hydrogen) atoms. The Kier molecular flexibility index (Phi) is 6.41. The fourth-order valence-electron chi connectivity index (χ4n) is 4.02. The molecule has 8 nitrogen and oxygen atoms in total. The second-order valence-electron chi connectivity index (χ2n) is 8.18. The molecule has 3 heterocycles. The van der Waals surface area contributed by atoms with E-state index >= 15 is 0 Å². The highest BCUT2D eigenvalue weighted by molar-refractivity contribution is 6.14. The number of benzene rings is 1. The maximum atomic E-state index is 13.0. The summed E-state index contributed by atoms with van der Waals surface area (Å²) >= 11 is 0. The van der Waals surface area contributed by atoms with Crippen LogP contribution in [-0.4, -0.2) is 47.3 Å². The summed E-state index contributed by atoms with van der Waals surface area (Å²) < 4.78 is 12.7. The van der Waals surface area contributed by atoms with E-state index in [0.29, 0.717) is 35.4 Å². The van der Waals surface area contributed by atoms with Crippen LogP contribution in [0.3, 0.4) is 0 Å². The molecule has 3 aromatic rings. The van der Waals surface area contributed by atoms with Crippen molar-refractivity contribution < 1.29 is 19.1 Å². The predicted molar refractivity (Wildman–Crippen MR) is 123 cm³/mol. The highest BCUT2D eigenvalue weighted by Crippen LogP contribution is 2.34. The average molecular weight is 437 g/mol. The molecule has 0 unspecified atom stereocenters. The third-order valence-corrected chi connectivity index (χ3v) is 5.42. The molecule has 1 fully saturated rings. The van der Waals surface area contributed by atoms with Crippen LogP contribution in [0.5, 0.6) is 0 Å². The van der Waals surface area contributed by atoms with E-state index in [2.05, 4.69) is 15.6 Å². The number of amides is 1. The molecule has 2 aromatic heterocycles. The summed E-state index contributed by atoms with van der Waals surface area (Å²) in [5.74, 6) is -0.850. The fraction of sp³-hybridized carbons (Fsp3) is 0.375. The smallest absolute Gasteiger partial charge is 0.356 e. The zero-order valence-electron chi connectivity index (χ0n) is 18.6. The van der Waals surface area contributed by atoms with Crippen molar-refractivity contribution in [1.82, 2.24) is 9.55 Å². The molecule has 168 valence electrons. The SMILES string of the molecule is COC(=O)c1c(NC(=O)c2ccccc2)c2cc(NC(C)C)cnc2n1C[C@H]1CCCO1. The number of hydrogen-bond acceptors (Lipinski definition) is 6. The molecule has 1 aliphatic heterocycles. The van der Waals surface area contributed by atoms with Crippen LogP contribution in [0.15, 0.2) is 42.6 Å². The molecule has 4 rings (SSSR count). The maximum Gasteiger partial charge on any atom is 0.356 e. The van der Waals surface area contributed by atoms with Gasteiger partial charge in [0.2, 0.25) is 0 Å². The van der Waals surface area contributed by atoms with Gasteiger partial charge in [0.1, 0.15) is 5.65 Å². The van der Waals surface area contributed by atoms with Gasteiger partial charge in [-0.25, -0.2) is 9.78 Å². The summed E-state index contributed by atoms with van der Waals surface area (Å²) in [7, 11) is 1.33. The van der Waals surface area contributed by atoms with E-state index in [0.717, 1.165) is 18.5 Å². The number of rotatable bonds is 7. The lowest BCUT2D eigenvalue weighted by Crippen LogP contribution is -2.21. The number of nitrogens with one attached hydrogen (secondary N) is 2. The van der Waals surface area contributed by atoms with Crippen molar-refractivity contribution in [3.63, 3.8) is 0 Å². The van der Waals surface area contributed by atoms with Crippen molar-refractivity contribution >= 4 is 34.3 Å². The van der Waals surface area contributed by atoms with Gasteiger partial charge in [-0.3, -0.25) is 4.79 Å². The molecule has 8 heteroatoms. The van der Waals surface area contributed by atoms with Crippen LogP contribution in [0.2, 0.25) is 0 Å². The highest BCUT2D eigenvalue weighted by Gasteiger charge is 2.29. The Morgan fingerprint density at radius 3 is 2.72 bits per heavy atom. The van der Waals surface area contributed by atoms with Crippen LogP contribution < -0.4 is 10.6 Å². The molecule has 0 bridgehead atoms. The summed E-state index contributed by atoms with van der Waals surface area (Å²) in [4.78, 5) is 30.5. The number of fused-ring (bicyclic) bond motifs is 1. The first-order chi connectivity index (χ1) is 15.5. The zero-order valence-corrected chi connectivity index (χ0v) is 18.6. The van der Waals surface area contributed by atoms with Gasteiger partial charge < -0.3 is 24.7 Å². The van der Waals surface area contributed by atoms with Gasteiger partial charge in [-0.15, -0.1) is 0 Å². The number of methoxy groups -OCH3 is 1. The standard InChI is InChI=1S/C24H28N4O4/c1-15(2)26-17-12-19-20(27-23(29)16-8-5-4-6-9-16)21(24(30)31-3)28(22(19)25-13-17)14-18-10-7-11-32-18/h4-6,8-9,12-13,15,18,26H,7,10-11,14H2,1-3H3,(H,27,29)/t18-/m1/s1. The third-order valence-electron chi connectivity index (χ3n) is 5.42. The molecule has 0 aliphatic carbocycles. The van der Waals surface area contributed by atoms with Gasteiger partial charge in [0.25, 0.3) is 5.91 Å². The minimum atomic E-state index is -0.539. The van der Waals surface area contributed by atoms with E-state index in [1.54, 1.807) is 35.0 Å². The number of esters is 1. The normalized spacial score (nSPS) is 15.8. The van der Waals surface area contributed by atoms with Crippen LogP contribution >= 0.6 is 0 Å². The molecule has 1 amide bonds. The molecule has 0 spiro atoms. The maximum absolute atomic E-state index is 13.0. The number of nitrogens with zero attached hydrogens (tertiary/aromatic N) is 2. The molecular weight excluding hydrogens is 408 g/mol. The fourth-order valence-corrected chi connectivity index (χ4v) is 4.02. The number of ether oxygens (including phenoxy) is 2. The number of aromatic nitrogens is 2. The van der Waals surface area contributed by atoms with Gasteiger partial charge in [0.15, 0.2) is 5.69 Å². The van der Waals surface area contributed by atoms with Gasteiger partial charge in [-0.05, 0) is 44.9 Å². The lowest BCUT2D eigenvalue weighted by molar-refractivity contribution is 0.0580. The Morgan fingerprint density at radius 1 is 1.28 bits per heavy atom. The van der Waals surface area contributed by atoms with Crippen molar-refractivity contribution in [3.05, 3.63) is 53.9 Å². The molecule has 1 aromatic carbocycles. The molecule has 0 saturated carbocycles. The van der Waals surface area contributed by atoms with E-state index < -0.39 is 5.97 Å². The average Bonchev–Trinajstić information content (AvgIpc) is 3.40. The Hall–Kier alpha value is -3.39. The third kappa shape index (κ3) is 4.45. The monoisotopic (exact) mass is 436 g/mol. The van der Waals surface area contributed by atoms with E-state index in [1.165, 1.54) is 7.11 Å². The van der Waals surface area contributed by atoms with E-state index in [-0.39, 0.29) is 23.7 Å². The summed E-state index contributed by atoms with van der Waals surface area (Å²) in [5, 5.41) is 6.94. The van der Waals surface area contributed by atoms with E-state index in [4.69, 9.17) is 9.47 Å². The van der Waals surface area contributed by atoms with Crippen LogP contribution in [0.25, 0.3) is 11.0 Å². The first-order valence-electron chi connectivity index (χ1n) is 10.8. The minimum Gasteiger partial charge on any atom is -0.464 e. The molecule has 1 aliphatic rings. The number of anilines is 2. The first kappa shape index (κ1) is 21.8. The Balaban J connectivity index is 1.86. The second-order valence-corrected chi connectivity index (χ2v) is 8.18. The number of carbonyl (C=O) groups is 2. The molecule has 0 radical (unpaired) electrons. The van der Waals surface area contributed by atoms with Crippen LogP contribution in [-0.2, 0) is 16.0 Å². The lowest BCUT2D eigenvalue weighted by Gasteiger charge is -2.14.